The van der Waals surface area contributed by atoms with Gasteiger partial charge >= 0.3 is 0 Å². The number of aromatic nitrogens is 1. The van der Waals surface area contributed by atoms with E-state index in [4.69, 9.17) is 9.47 Å². The molecule has 6 rings (SSSR count). The molecule has 0 saturated carbocycles. The summed E-state index contributed by atoms with van der Waals surface area (Å²) in [5.74, 6) is -0.227. The molecule has 238 valence electrons. The van der Waals surface area contributed by atoms with Crippen LogP contribution in [0.5, 0.6) is 0 Å². The number of ether oxygens (including phenoxy) is 2. The maximum Gasteiger partial charge on any atom is 0.269 e. The normalized spacial score (nSPS) is 21.9. The summed E-state index contributed by atoms with van der Waals surface area (Å²) in [5, 5.41) is 23.6. The number of benzene rings is 3. The van der Waals surface area contributed by atoms with E-state index in [1.807, 2.05) is 60.7 Å². The first-order valence-electron chi connectivity index (χ1n) is 15.4. The summed E-state index contributed by atoms with van der Waals surface area (Å²) >= 11 is 0. The van der Waals surface area contributed by atoms with Crippen LogP contribution in [-0.4, -0.2) is 64.6 Å². The zero-order chi connectivity index (χ0) is 32.0. The Balaban J connectivity index is 1.18. The lowest BCUT2D eigenvalue weighted by molar-refractivity contribution is -0.384. The fourth-order valence-corrected chi connectivity index (χ4v) is 6.02. The minimum atomic E-state index is -0.666. The molecule has 0 bridgehead atoms. The van der Waals surface area contributed by atoms with Crippen LogP contribution in [0, 0.1) is 16.0 Å². The van der Waals surface area contributed by atoms with Crippen molar-refractivity contribution < 1.29 is 24.3 Å². The number of nitro groups is 1. The fourth-order valence-electron chi connectivity index (χ4n) is 6.02. The van der Waals surface area contributed by atoms with Crippen LogP contribution in [0.25, 0.3) is 0 Å². The zero-order valence-electron chi connectivity index (χ0n) is 25.6. The number of nitrogens with zero attached hydrogens (tertiary/aromatic N) is 4. The molecule has 0 unspecified atom stereocenters. The molecule has 46 heavy (non-hydrogen) atoms. The van der Waals surface area contributed by atoms with Crippen LogP contribution in [0.3, 0.4) is 0 Å². The van der Waals surface area contributed by atoms with Gasteiger partial charge in [-0.15, -0.1) is 0 Å². The van der Waals surface area contributed by atoms with E-state index in [2.05, 4.69) is 27.0 Å². The van der Waals surface area contributed by atoms with Gasteiger partial charge < -0.3 is 24.8 Å². The monoisotopic (exact) mass is 623 g/mol. The largest absolute Gasteiger partial charge is 0.392 e. The summed E-state index contributed by atoms with van der Waals surface area (Å²) in [5.41, 5.74) is 4.78. The van der Waals surface area contributed by atoms with E-state index in [1.54, 1.807) is 30.5 Å². The second kappa shape index (κ2) is 14.2. The van der Waals surface area contributed by atoms with Crippen molar-refractivity contribution in [2.24, 2.45) is 5.92 Å². The highest BCUT2D eigenvalue weighted by atomic mass is 16.7. The lowest BCUT2D eigenvalue weighted by Gasteiger charge is -2.44. The molecule has 3 heterocycles. The second-order valence-electron chi connectivity index (χ2n) is 11.7. The summed E-state index contributed by atoms with van der Waals surface area (Å²) in [4.78, 5) is 32.1. The van der Waals surface area contributed by atoms with E-state index in [9.17, 15) is 20.0 Å². The number of aliphatic hydroxyl groups is 1. The van der Waals surface area contributed by atoms with Crippen molar-refractivity contribution in [2.45, 2.75) is 32.0 Å². The summed E-state index contributed by atoms with van der Waals surface area (Å²) < 4.78 is 13.3. The van der Waals surface area contributed by atoms with Crippen LogP contribution < -0.4 is 10.2 Å². The molecule has 4 atom stereocenters. The zero-order valence-corrected chi connectivity index (χ0v) is 25.6. The molecule has 11 heteroatoms. The molecule has 0 radical (unpaired) electrons. The molecule has 1 amide bonds. The third-order valence-electron chi connectivity index (χ3n) is 8.70. The van der Waals surface area contributed by atoms with Gasteiger partial charge in [0.2, 0.25) is 0 Å². The van der Waals surface area contributed by atoms with Crippen molar-refractivity contribution in [3.8, 4) is 0 Å². The molecule has 2 aliphatic rings. The quantitative estimate of drug-likeness (QED) is 0.187. The number of nitro benzene ring substituents is 1. The average Bonchev–Trinajstić information content (AvgIpc) is 3.10. The number of rotatable bonds is 9. The van der Waals surface area contributed by atoms with Gasteiger partial charge in [-0.1, -0.05) is 43.3 Å². The Labute approximate surface area is 267 Å². The molecule has 11 nitrogen and oxygen atoms in total. The highest BCUT2D eigenvalue weighted by Crippen LogP contribution is 2.42. The van der Waals surface area contributed by atoms with Crippen molar-refractivity contribution in [1.82, 2.24) is 9.88 Å². The topological polar surface area (TPSA) is 130 Å². The van der Waals surface area contributed by atoms with Crippen LogP contribution in [0.1, 0.15) is 46.4 Å². The van der Waals surface area contributed by atoms with Crippen molar-refractivity contribution in [2.75, 3.05) is 42.9 Å². The number of non-ortho nitro benzene ring substituents is 1. The Bertz CT molecular complexity index is 1630. The van der Waals surface area contributed by atoms with Crippen molar-refractivity contribution >= 4 is 23.0 Å². The minimum absolute atomic E-state index is 0.0254. The van der Waals surface area contributed by atoms with Gasteiger partial charge in [0.05, 0.1) is 29.3 Å². The molecule has 2 saturated heterocycles. The number of piperazine rings is 1. The molecule has 1 aromatic heterocycles. The van der Waals surface area contributed by atoms with Crippen molar-refractivity contribution in [3.05, 3.63) is 130 Å². The summed E-state index contributed by atoms with van der Waals surface area (Å²) in [7, 11) is 0. The highest BCUT2D eigenvalue weighted by molar-refractivity contribution is 6.04. The number of nitrogens with one attached hydrogen (secondary N) is 1. The van der Waals surface area contributed by atoms with E-state index >= 15 is 0 Å². The molecule has 0 spiro atoms. The first kappa shape index (κ1) is 31.3. The number of amides is 1. The van der Waals surface area contributed by atoms with Gasteiger partial charge in [-0.25, -0.2) is 0 Å². The van der Waals surface area contributed by atoms with Gasteiger partial charge in [-0.2, -0.15) is 0 Å². The van der Waals surface area contributed by atoms with Gasteiger partial charge in [0.1, 0.15) is 0 Å². The predicted octanol–water partition coefficient (Wildman–Crippen LogP) is 5.35. The van der Waals surface area contributed by atoms with Crippen LogP contribution in [0.2, 0.25) is 0 Å². The first-order chi connectivity index (χ1) is 22.4. The van der Waals surface area contributed by atoms with E-state index in [0.29, 0.717) is 17.8 Å². The lowest BCUT2D eigenvalue weighted by atomic mass is 9.90. The fraction of sp³-hybridized carbons (Fsp3) is 0.314. The number of carbonyl (C=O) groups excluding carboxylic acids is 1. The summed E-state index contributed by atoms with van der Waals surface area (Å²) in [6.45, 7) is 6.05. The van der Waals surface area contributed by atoms with E-state index in [1.165, 1.54) is 6.20 Å². The second-order valence-corrected chi connectivity index (χ2v) is 11.7. The molecule has 3 aromatic carbocycles. The van der Waals surface area contributed by atoms with Crippen LogP contribution >= 0.6 is 0 Å². The van der Waals surface area contributed by atoms with Crippen LogP contribution in [0.15, 0.2) is 97.3 Å². The Kier molecular flexibility index (Phi) is 9.65. The van der Waals surface area contributed by atoms with E-state index < -0.39 is 6.29 Å². The van der Waals surface area contributed by atoms with Crippen molar-refractivity contribution in [3.63, 3.8) is 0 Å². The van der Waals surface area contributed by atoms with Crippen LogP contribution in [-0.2, 0) is 16.1 Å². The van der Waals surface area contributed by atoms with E-state index in [-0.39, 0.29) is 41.3 Å². The number of anilines is 2. The van der Waals surface area contributed by atoms with Gasteiger partial charge in [0.25, 0.3) is 11.6 Å². The highest BCUT2D eigenvalue weighted by Gasteiger charge is 2.39. The minimum Gasteiger partial charge on any atom is -0.392 e. The molecular formula is C35H37N5O6. The van der Waals surface area contributed by atoms with Crippen molar-refractivity contribution in [1.29, 1.82) is 0 Å². The molecule has 2 N–H and O–H groups in total. The third-order valence-corrected chi connectivity index (χ3v) is 8.70. The van der Waals surface area contributed by atoms with E-state index in [0.717, 1.165) is 48.6 Å². The molecular weight excluding hydrogens is 586 g/mol. The Morgan fingerprint density at radius 3 is 2.41 bits per heavy atom. The molecule has 2 fully saturated rings. The van der Waals surface area contributed by atoms with Crippen LogP contribution in [0.4, 0.5) is 17.1 Å². The molecule has 0 aliphatic carbocycles. The third kappa shape index (κ3) is 7.24. The standard InChI is InChI=1S/C35H37N5O6/c1-24-32(22-38-16-18-39(19-17-38)30-11-13-31(14-12-30)40(43)44)45-35(46-33(24)26-9-7-25(23-41)8-10-26)27-4-2-6-29(20-27)37-34(42)28-5-3-15-36-21-28/h2-15,20-21,24,32-33,35,41H,16-19,22-23H2,1H3,(H,37,42)/t24-,32+,33+,35+/m1/s1. The molecule has 2 aliphatic heterocycles. The Morgan fingerprint density at radius 2 is 1.74 bits per heavy atom. The maximum absolute atomic E-state index is 12.8. The summed E-state index contributed by atoms with van der Waals surface area (Å²) in [6.07, 6.45) is 2.07. The maximum atomic E-state index is 12.8. The SMILES string of the molecule is C[C@@H]1[C@H](CN2CCN(c3ccc([N+](=O)[O-])cc3)CC2)O[C@H](c2cccc(NC(=O)c3cccnc3)c2)O[C@@H]1c1ccc(CO)cc1. The number of carbonyl (C=O) groups is 1. The number of aliphatic hydroxyl groups excluding tert-OH is 1. The first-order valence-corrected chi connectivity index (χ1v) is 15.4. The lowest BCUT2D eigenvalue weighted by Crippen LogP contribution is -2.51. The van der Waals surface area contributed by atoms with Gasteiger partial charge in [-0.05, 0) is 47.5 Å². The average molecular weight is 624 g/mol. The smallest absolute Gasteiger partial charge is 0.269 e. The number of pyridine rings is 1. The number of hydrogen-bond donors (Lipinski definition) is 2. The predicted molar refractivity (Wildman–Crippen MR) is 173 cm³/mol. The Morgan fingerprint density at radius 1 is 0.978 bits per heavy atom. The summed E-state index contributed by atoms with van der Waals surface area (Å²) in [6, 6.07) is 25.5. The van der Waals surface area contributed by atoms with Gasteiger partial charge in [0, 0.05) is 80.1 Å². The van der Waals surface area contributed by atoms with Gasteiger partial charge in [0.15, 0.2) is 6.29 Å². The Hall–Kier alpha value is -4.68. The number of hydrogen-bond acceptors (Lipinski definition) is 9. The molecule has 4 aromatic rings. The van der Waals surface area contributed by atoms with Gasteiger partial charge in [-0.3, -0.25) is 24.8 Å².